The molecule has 2 fully saturated rings. The van der Waals surface area contributed by atoms with Crippen molar-refractivity contribution in [2.24, 2.45) is 0 Å². The number of halogens is 4. The molecule has 202 valence electrons. The van der Waals surface area contributed by atoms with Gasteiger partial charge in [0.25, 0.3) is 0 Å². The average Bonchev–Trinajstić information content (AvgIpc) is 3.19. The van der Waals surface area contributed by atoms with Crippen LogP contribution in [0.25, 0.3) is 0 Å². The average molecular weight is 589 g/mol. The predicted octanol–water partition coefficient (Wildman–Crippen LogP) is 6.15. The summed E-state index contributed by atoms with van der Waals surface area (Å²) in [6.07, 6.45) is 1.30. The quantitative estimate of drug-likeness (QED) is 0.342. The Morgan fingerprint density at radius 3 is 2.49 bits per heavy atom. The molecule has 0 aliphatic carbocycles. The Balaban J connectivity index is 1.60. The molecule has 6 nitrogen and oxygen atoms in total. The number of benzene rings is 3. The lowest BCUT2D eigenvalue weighted by molar-refractivity contribution is -0.131. The highest BCUT2D eigenvalue weighted by atomic mass is 35.5. The normalized spacial score (nSPS) is 24.8. The van der Waals surface area contributed by atoms with Crippen molar-refractivity contribution in [1.82, 2.24) is 10.6 Å². The molecule has 3 heterocycles. The minimum absolute atomic E-state index is 0.0149. The number of nitrogens with one attached hydrogen (secondary N) is 3. The summed E-state index contributed by atoms with van der Waals surface area (Å²) in [7, 11) is 0. The lowest BCUT2D eigenvalue weighted by Crippen LogP contribution is -2.57. The number of piperidine rings is 2. The zero-order valence-corrected chi connectivity index (χ0v) is 23.0. The molecule has 6 rings (SSSR count). The summed E-state index contributed by atoms with van der Waals surface area (Å²) >= 11 is 19.0. The predicted molar refractivity (Wildman–Crippen MR) is 149 cm³/mol. The third-order valence-corrected chi connectivity index (χ3v) is 8.73. The second-order valence-corrected chi connectivity index (χ2v) is 11.4. The molecule has 3 aliphatic rings. The molecular weight excluding hydrogens is 564 g/mol. The molecule has 2 saturated heterocycles. The largest absolute Gasteiger partial charge is 0.490 e. The first kappa shape index (κ1) is 26.4. The number of fused-ring (bicyclic) bond motifs is 2. The van der Waals surface area contributed by atoms with E-state index in [0.717, 1.165) is 25.9 Å². The van der Waals surface area contributed by atoms with Crippen LogP contribution in [-0.2, 0) is 15.0 Å². The number of anilines is 1. The van der Waals surface area contributed by atoms with E-state index in [-0.39, 0.29) is 40.7 Å². The topological polar surface area (TPSA) is 79.5 Å². The highest BCUT2D eigenvalue weighted by Crippen LogP contribution is 2.59. The summed E-state index contributed by atoms with van der Waals surface area (Å²) in [5.41, 5.74) is 0.377. The van der Waals surface area contributed by atoms with Crippen molar-refractivity contribution >= 4 is 52.3 Å². The summed E-state index contributed by atoms with van der Waals surface area (Å²) in [5.74, 6) is -1.90. The van der Waals surface area contributed by atoms with Gasteiger partial charge in [0.05, 0.1) is 16.6 Å². The van der Waals surface area contributed by atoms with E-state index in [2.05, 4.69) is 16.0 Å². The van der Waals surface area contributed by atoms with Gasteiger partial charge in [0.15, 0.2) is 5.82 Å². The van der Waals surface area contributed by atoms with Gasteiger partial charge in [-0.15, -0.1) is 0 Å². The maximum absolute atomic E-state index is 16.2. The maximum Gasteiger partial charge on any atom is 0.238 e. The van der Waals surface area contributed by atoms with Crippen LogP contribution >= 0.6 is 34.8 Å². The molecule has 0 saturated carbocycles. The lowest BCUT2D eigenvalue weighted by atomic mass is 9.59. The van der Waals surface area contributed by atoms with Crippen molar-refractivity contribution in [3.63, 3.8) is 0 Å². The summed E-state index contributed by atoms with van der Waals surface area (Å²) in [4.78, 5) is 27.6. The molecule has 3 N–H and O–H groups in total. The van der Waals surface area contributed by atoms with Gasteiger partial charge in [0.1, 0.15) is 17.3 Å². The van der Waals surface area contributed by atoms with Crippen molar-refractivity contribution in [3.05, 3.63) is 92.2 Å². The van der Waals surface area contributed by atoms with Crippen LogP contribution in [0.3, 0.4) is 0 Å². The molecule has 2 amide bonds. The van der Waals surface area contributed by atoms with Gasteiger partial charge >= 0.3 is 0 Å². The Morgan fingerprint density at radius 2 is 1.72 bits per heavy atom. The monoisotopic (exact) mass is 587 g/mol. The van der Waals surface area contributed by atoms with E-state index >= 15 is 4.39 Å². The van der Waals surface area contributed by atoms with Crippen molar-refractivity contribution in [2.75, 3.05) is 18.4 Å². The number of hydrogen-bond acceptors (Lipinski definition) is 4. The molecule has 39 heavy (non-hydrogen) atoms. The zero-order chi connectivity index (χ0) is 27.3. The zero-order valence-electron chi connectivity index (χ0n) is 20.7. The van der Waals surface area contributed by atoms with E-state index in [0.29, 0.717) is 26.9 Å². The van der Waals surface area contributed by atoms with Crippen molar-refractivity contribution in [2.45, 2.75) is 42.7 Å². The van der Waals surface area contributed by atoms with E-state index in [1.54, 1.807) is 42.5 Å². The minimum Gasteiger partial charge on any atom is -0.490 e. The van der Waals surface area contributed by atoms with Gasteiger partial charge in [-0.3, -0.25) is 9.59 Å². The minimum atomic E-state index is -1.45. The molecule has 3 atom stereocenters. The standard InChI is InChI=1S/C29H25Cl3FN3O3/c30-16-3-1-2-15(12-16)20-14-24(37)36-27(29(20)19-5-4-17(31)13-22(19)35-28(29)38)25-23(7-6-21(32)26(25)33)39-18-8-10-34-11-9-18/h1-7,12-13,18,20,27,34H,8-11,14H2,(H,35,38)(H,36,37)/t20-,27+,29-/m0/s1. The van der Waals surface area contributed by atoms with Crippen LogP contribution < -0.4 is 20.7 Å². The summed E-state index contributed by atoms with van der Waals surface area (Å²) in [6.45, 7) is 1.54. The summed E-state index contributed by atoms with van der Waals surface area (Å²) < 4.78 is 22.5. The number of hydrogen-bond donors (Lipinski definition) is 3. The summed E-state index contributed by atoms with van der Waals surface area (Å²) in [5, 5.41) is 9.96. The van der Waals surface area contributed by atoms with E-state index in [1.165, 1.54) is 6.07 Å². The van der Waals surface area contributed by atoms with E-state index in [9.17, 15) is 9.59 Å². The van der Waals surface area contributed by atoms with Gasteiger partial charge < -0.3 is 20.7 Å². The fourth-order valence-electron chi connectivity index (χ4n) is 6.26. The Kier molecular flexibility index (Phi) is 6.96. The lowest BCUT2D eigenvalue weighted by Gasteiger charge is -2.46. The van der Waals surface area contributed by atoms with Crippen LogP contribution in [0.2, 0.25) is 15.1 Å². The highest BCUT2D eigenvalue weighted by Gasteiger charge is 2.62. The SMILES string of the molecule is O=C1C[C@@H](c2cccc(Cl)c2)[C@]2(C(=O)Nc3cc(Cl)ccc32)[C@@H](c2c(OC3CCNCC3)ccc(Cl)c2F)N1. The Hall–Kier alpha value is -2.84. The molecule has 3 aromatic rings. The van der Waals surface area contributed by atoms with Gasteiger partial charge in [0.2, 0.25) is 11.8 Å². The van der Waals surface area contributed by atoms with E-state index < -0.39 is 23.2 Å². The van der Waals surface area contributed by atoms with Crippen LogP contribution in [0.1, 0.15) is 47.9 Å². The fourth-order valence-corrected chi connectivity index (χ4v) is 6.80. The van der Waals surface area contributed by atoms with Crippen LogP contribution in [0.15, 0.2) is 54.6 Å². The Bertz CT molecular complexity index is 1480. The fraction of sp³-hybridized carbons (Fsp3) is 0.310. The van der Waals surface area contributed by atoms with E-state index in [1.807, 2.05) is 6.07 Å². The van der Waals surface area contributed by atoms with Crippen molar-refractivity contribution in [1.29, 1.82) is 0 Å². The Labute approximate surface area is 240 Å². The highest BCUT2D eigenvalue weighted by molar-refractivity contribution is 6.31. The molecule has 3 aliphatic heterocycles. The number of amides is 2. The smallest absolute Gasteiger partial charge is 0.238 e. The first-order valence-corrected chi connectivity index (χ1v) is 13.9. The van der Waals surface area contributed by atoms with E-state index in [4.69, 9.17) is 39.5 Å². The molecule has 0 unspecified atom stereocenters. The van der Waals surface area contributed by atoms with Crippen LogP contribution in [0.5, 0.6) is 5.75 Å². The number of ether oxygens (including phenoxy) is 1. The maximum atomic E-state index is 16.2. The first-order chi connectivity index (χ1) is 18.8. The van der Waals surface area contributed by atoms with Crippen LogP contribution in [-0.4, -0.2) is 31.0 Å². The molecule has 0 radical (unpaired) electrons. The number of carbonyl (C=O) groups is 2. The third-order valence-electron chi connectivity index (χ3n) is 7.96. The van der Waals surface area contributed by atoms with Gasteiger partial charge in [-0.25, -0.2) is 4.39 Å². The van der Waals surface area contributed by atoms with Crippen molar-refractivity contribution in [3.8, 4) is 5.75 Å². The van der Waals surface area contributed by atoms with Crippen LogP contribution in [0.4, 0.5) is 10.1 Å². The second kappa shape index (κ2) is 10.3. The van der Waals surface area contributed by atoms with Crippen LogP contribution in [0, 0.1) is 5.82 Å². The number of rotatable bonds is 4. The Morgan fingerprint density at radius 1 is 0.949 bits per heavy atom. The summed E-state index contributed by atoms with van der Waals surface area (Å²) in [6, 6.07) is 14.1. The third kappa shape index (κ3) is 4.45. The van der Waals surface area contributed by atoms with Gasteiger partial charge in [0, 0.05) is 28.1 Å². The molecule has 10 heteroatoms. The van der Waals surface area contributed by atoms with Crippen molar-refractivity contribution < 1.29 is 18.7 Å². The number of carbonyl (C=O) groups excluding carboxylic acids is 2. The second-order valence-electron chi connectivity index (χ2n) is 10.2. The first-order valence-electron chi connectivity index (χ1n) is 12.8. The molecule has 0 aromatic heterocycles. The van der Waals surface area contributed by atoms with Gasteiger partial charge in [-0.1, -0.05) is 53.0 Å². The van der Waals surface area contributed by atoms with Gasteiger partial charge in [-0.05, 0) is 73.5 Å². The molecule has 3 aromatic carbocycles. The van der Waals surface area contributed by atoms with Gasteiger partial charge in [-0.2, -0.15) is 0 Å². The molecule has 0 bridgehead atoms. The molecular formula is C29H25Cl3FN3O3. The molecule has 1 spiro atoms.